The predicted molar refractivity (Wildman–Crippen MR) is 79.8 cm³/mol. The number of para-hydroxylation sites is 1. The highest BCUT2D eigenvalue weighted by Crippen LogP contribution is 2.33. The van der Waals surface area contributed by atoms with Crippen molar-refractivity contribution in [1.82, 2.24) is 4.72 Å². The third-order valence-corrected chi connectivity index (χ3v) is 6.06. The van der Waals surface area contributed by atoms with Gasteiger partial charge in [-0.05, 0) is 25.8 Å². The quantitative estimate of drug-likeness (QED) is 0.927. The van der Waals surface area contributed by atoms with Crippen LogP contribution in [0.3, 0.4) is 0 Å². The number of hydrogen-bond donors (Lipinski definition) is 1. The van der Waals surface area contributed by atoms with Crippen LogP contribution < -0.4 is 9.46 Å². The third kappa shape index (κ3) is 3.22. The lowest BCUT2D eigenvalue weighted by Gasteiger charge is -2.31. The van der Waals surface area contributed by atoms with E-state index in [1.54, 1.807) is 0 Å². The van der Waals surface area contributed by atoms with Gasteiger partial charge in [0.15, 0.2) is 0 Å². The van der Waals surface area contributed by atoms with E-state index in [1.165, 1.54) is 0 Å². The van der Waals surface area contributed by atoms with Crippen molar-refractivity contribution in [2.24, 2.45) is 0 Å². The van der Waals surface area contributed by atoms with Crippen molar-refractivity contribution < 1.29 is 17.9 Å². The second-order valence-corrected chi connectivity index (χ2v) is 7.71. The van der Waals surface area contributed by atoms with Crippen molar-refractivity contribution in [3.63, 3.8) is 0 Å². The monoisotopic (exact) mass is 311 g/mol. The standard InChI is InChI=1S/C15H21NO4S/c1-11-10-12(6-8-19-11)21(17,18)16-14-7-9-20-15-5-3-2-4-13(14)15/h2-5,11-12,14,16H,6-10H2,1H3/t11-,12-,14+/m1/s1. The lowest BCUT2D eigenvalue weighted by atomic mass is 10.0. The summed E-state index contributed by atoms with van der Waals surface area (Å²) in [5.74, 6) is 0.775. The van der Waals surface area contributed by atoms with Crippen molar-refractivity contribution in [3.8, 4) is 5.75 Å². The molecule has 116 valence electrons. The fourth-order valence-corrected chi connectivity index (χ4v) is 4.76. The molecule has 0 spiro atoms. The maximum atomic E-state index is 12.6. The van der Waals surface area contributed by atoms with Gasteiger partial charge in [0.25, 0.3) is 0 Å². The third-order valence-electron chi connectivity index (χ3n) is 4.14. The minimum absolute atomic E-state index is 0.00213. The van der Waals surface area contributed by atoms with Crippen molar-refractivity contribution >= 4 is 10.0 Å². The molecular formula is C15H21NO4S. The molecule has 1 N–H and O–H groups in total. The Bertz CT molecular complexity index is 601. The van der Waals surface area contributed by atoms with Gasteiger partial charge in [0.05, 0.1) is 24.0 Å². The smallest absolute Gasteiger partial charge is 0.215 e. The highest BCUT2D eigenvalue weighted by molar-refractivity contribution is 7.90. The normalized spacial score (nSPS) is 29.5. The number of nitrogens with one attached hydrogen (secondary N) is 1. The summed E-state index contributed by atoms with van der Waals surface area (Å²) in [6.07, 6.45) is 1.78. The summed E-state index contributed by atoms with van der Waals surface area (Å²) in [4.78, 5) is 0. The molecule has 0 radical (unpaired) electrons. The van der Waals surface area contributed by atoms with E-state index in [0.717, 1.165) is 11.3 Å². The number of rotatable bonds is 3. The van der Waals surface area contributed by atoms with Gasteiger partial charge in [-0.1, -0.05) is 18.2 Å². The van der Waals surface area contributed by atoms with Crippen LogP contribution in [0.15, 0.2) is 24.3 Å². The first-order valence-corrected chi connectivity index (χ1v) is 8.95. The predicted octanol–water partition coefficient (Wildman–Crippen LogP) is 2.00. The summed E-state index contributed by atoms with van der Waals surface area (Å²) in [5.41, 5.74) is 0.924. The summed E-state index contributed by atoms with van der Waals surface area (Å²) in [7, 11) is -3.34. The zero-order chi connectivity index (χ0) is 14.9. The Morgan fingerprint density at radius 1 is 1.19 bits per heavy atom. The molecule has 21 heavy (non-hydrogen) atoms. The van der Waals surface area contributed by atoms with E-state index in [-0.39, 0.29) is 17.4 Å². The average Bonchev–Trinajstić information content (AvgIpc) is 2.47. The molecule has 0 aromatic heterocycles. The van der Waals surface area contributed by atoms with Gasteiger partial charge in [0, 0.05) is 18.6 Å². The van der Waals surface area contributed by atoms with Crippen LogP contribution in [0.1, 0.15) is 37.8 Å². The van der Waals surface area contributed by atoms with Gasteiger partial charge in [-0.15, -0.1) is 0 Å². The van der Waals surface area contributed by atoms with Crippen LogP contribution in [0.5, 0.6) is 5.75 Å². The van der Waals surface area contributed by atoms with Gasteiger partial charge in [0.1, 0.15) is 5.75 Å². The highest BCUT2D eigenvalue weighted by atomic mass is 32.2. The molecule has 5 nitrogen and oxygen atoms in total. The summed E-state index contributed by atoms with van der Waals surface area (Å²) in [6.45, 7) is 2.97. The van der Waals surface area contributed by atoms with Crippen molar-refractivity contribution in [2.75, 3.05) is 13.2 Å². The van der Waals surface area contributed by atoms with Crippen molar-refractivity contribution in [2.45, 2.75) is 43.6 Å². The number of ether oxygens (including phenoxy) is 2. The second kappa shape index (κ2) is 5.94. The first kappa shape index (κ1) is 14.8. The largest absolute Gasteiger partial charge is 0.493 e. The SMILES string of the molecule is C[C@@H]1C[C@H](S(=O)(=O)N[C@H]2CCOc3ccccc32)CCO1. The lowest BCUT2D eigenvalue weighted by Crippen LogP contribution is -2.42. The van der Waals surface area contributed by atoms with E-state index in [1.807, 2.05) is 31.2 Å². The fraction of sp³-hybridized carbons (Fsp3) is 0.600. The van der Waals surface area contributed by atoms with Crippen molar-refractivity contribution in [3.05, 3.63) is 29.8 Å². The Labute approximate surface area is 125 Å². The fourth-order valence-electron chi connectivity index (χ4n) is 3.00. The molecule has 0 saturated carbocycles. The maximum Gasteiger partial charge on any atom is 0.215 e. The second-order valence-electron chi connectivity index (χ2n) is 5.72. The number of sulfonamides is 1. The molecule has 1 aromatic carbocycles. The summed E-state index contributed by atoms with van der Waals surface area (Å²) >= 11 is 0. The van der Waals surface area contributed by atoms with Crippen LogP contribution in [-0.4, -0.2) is 33.0 Å². The molecule has 1 saturated heterocycles. The zero-order valence-electron chi connectivity index (χ0n) is 12.1. The molecule has 0 unspecified atom stereocenters. The van der Waals surface area contributed by atoms with Crippen LogP contribution in [0, 0.1) is 0 Å². The van der Waals surface area contributed by atoms with Gasteiger partial charge < -0.3 is 9.47 Å². The van der Waals surface area contributed by atoms with Gasteiger partial charge in [-0.25, -0.2) is 13.1 Å². The first-order valence-electron chi connectivity index (χ1n) is 7.41. The molecule has 2 aliphatic rings. The molecule has 3 rings (SSSR count). The van der Waals surface area contributed by atoms with Crippen LogP contribution in [0.25, 0.3) is 0 Å². The Morgan fingerprint density at radius 2 is 2.00 bits per heavy atom. The van der Waals surface area contributed by atoms with E-state index >= 15 is 0 Å². The van der Waals surface area contributed by atoms with Crippen molar-refractivity contribution in [1.29, 1.82) is 0 Å². The van der Waals surface area contributed by atoms with Gasteiger partial charge in [-0.2, -0.15) is 0 Å². The highest BCUT2D eigenvalue weighted by Gasteiger charge is 2.34. The van der Waals surface area contributed by atoms with E-state index < -0.39 is 10.0 Å². The number of benzene rings is 1. The van der Waals surface area contributed by atoms with E-state index in [9.17, 15) is 8.42 Å². The molecule has 3 atom stereocenters. The molecular weight excluding hydrogens is 290 g/mol. The Kier molecular flexibility index (Phi) is 4.19. The minimum atomic E-state index is -3.34. The maximum absolute atomic E-state index is 12.6. The minimum Gasteiger partial charge on any atom is -0.493 e. The van der Waals surface area contributed by atoms with Crippen LogP contribution in [0.2, 0.25) is 0 Å². The Morgan fingerprint density at radius 3 is 2.81 bits per heavy atom. The summed E-state index contributed by atoms with van der Waals surface area (Å²) in [6, 6.07) is 7.42. The van der Waals surface area contributed by atoms with Gasteiger partial charge in [0.2, 0.25) is 10.0 Å². The molecule has 6 heteroatoms. The Balaban J connectivity index is 1.77. The van der Waals surface area contributed by atoms with Crippen LogP contribution in [0.4, 0.5) is 0 Å². The first-order chi connectivity index (χ1) is 10.1. The lowest BCUT2D eigenvalue weighted by molar-refractivity contribution is 0.0298. The molecule has 2 heterocycles. The molecule has 2 aliphatic heterocycles. The Hall–Kier alpha value is -1.11. The molecule has 0 bridgehead atoms. The number of fused-ring (bicyclic) bond motifs is 1. The molecule has 1 aromatic rings. The molecule has 1 fully saturated rings. The zero-order valence-corrected chi connectivity index (χ0v) is 12.9. The number of hydrogen-bond acceptors (Lipinski definition) is 4. The van der Waals surface area contributed by atoms with E-state index in [4.69, 9.17) is 9.47 Å². The van der Waals surface area contributed by atoms with Gasteiger partial charge >= 0.3 is 0 Å². The summed E-state index contributed by atoms with van der Waals surface area (Å²) in [5, 5.41) is -0.365. The van der Waals surface area contributed by atoms with E-state index in [0.29, 0.717) is 32.5 Å². The van der Waals surface area contributed by atoms with Crippen LogP contribution >= 0.6 is 0 Å². The van der Waals surface area contributed by atoms with E-state index in [2.05, 4.69) is 4.72 Å². The van der Waals surface area contributed by atoms with Crippen LogP contribution in [-0.2, 0) is 14.8 Å². The van der Waals surface area contributed by atoms with Gasteiger partial charge in [-0.3, -0.25) is 0 Å². The average molecular weight is 311 g/mol. The summed E-state index contributed by atoms with van der Waals surface area (Å²) < 4.78 is 39.1. The topological polar surface area (TPSA) is 64.6 Å². The molecule has 0 amide bonds. The molecule has 0 aliphatic carbocycles.